The summed E-state index contributed by atoms with van der Waals surface area (Å²) in [5.41, 5.74) is 3.43. The van der Waals surface area contributed by atoms with E-state index in [1.165, 1.54) is 11.1 Å². The largest absolute Gasteiger partial charge is 0.334 e. The Balaban J connectivity index is 1.58. The molecule has 1 unspecified atom stereocenters. The van der Waals surface area contributed by atoms with Crippen LogP contribution in [0, 0.1) is 12.8 Å². The van der Waals surface area contributed by atoms with E-state index in [9.17, 15) is 9.59 Å². The second-order valence-corrected chi connectivity index (χ2v) is 7.79. The third kappa shape index (κ3) is 3.69. The third-order valence-electron chi connectivity index (χ3n) is 5.86. The highest BCUT2D eigenvalue weighted by molar-refractivity contribution is 5.95. The molecule has 4 rings (SSSR count). The number of nitrogens with zero attached hydrogens (tertiary/aromatic N) is 2. The summed E-state index contributed by atoms with van der Waals surface area (Å²) in [6.07, 6.45) is 4.95. The van der Waals surface area contributed by atoms with E-state index in [4.69, 9.17) is 0 Å². The van der Waals surface area contributed by atoms with Gasteiger partial charge in [0.15, 0.2) is 0 Å². The molecule has 2 aliphatic rings. The molecule has 1 aromatic carbocycles. The van der Waals surface area contributed by atoms with Gasteiger partial charge in [0.25, 0.3) is 11.5 Å². The van der Waals surface area contributed by atoms with Crippen LogP contribution in [-0.2, 0) is 19.5 Å². The molecule has 1 aromatic heterocycles. The number of piperidine rings is 1. The van der Waals surface area contributed by atoms with Crippen LogP contribution in [0.15, 0.2) is 41.3 Å². The summed E-state index contributed by atoms with van der Waals surface area (Å²) in [6, 6.07) is 10.1. The highest BCUT2D eigenvalue weighted by Crippen LogP contribution is 2.20. The van der Waals surface area contributed by atoms with Crippen LogP contribution in [0.2, 0.25) is 0 Å². The molecular weight excluding hydrogens is 338 g/mol. The van der Waals surface area contributed by atoms with Crippen LogP contribution in [0.1, 0.15) is 39.9 Å². The van der Waals surface area contributed by atoms with E-state index in [0.717, 1.165) is 37.9 Å². The third-order valence-corrected chi connectivity index (χ3v) is 5.86. The summed E-state index contributed by atoms with van der Waals surface area (Å²) in [5, 5.41) is 3.39. The number of pyridine rings is 1. The first-order chi connectivity index (χ1) is 13.1. The Hall–Kier alpha value is -2.40. The smallest absolute Gasteiger partial charge is 0.263 e. The van der Waals surface area contributed by atoms with Crippen molar-refractivity contribution >= 4 is 5.91 Å². The number of aryl methyl sites for hydroxylation is 1. The average molecular weight is 365 g/mol. The number of hydrogen-bond acceptors (Lipinski definition) is 3. The zero-order valence-electron chi connectivity index (χ0n) is 15.9. The van der Waals surface area contributed by atoms with Crippen molar-refractivity contribution in [1.82, 2.24) is 14.8 Å². The van der Waals surface area contributed by atoms with Crippen molar-refractivity contribution in [2.45, 2.75) is 39.3 Å². The predicted octanol–water partition coefficient (Wildman–Crippen LogP) is 2.35. The summed E-state index contributed by atoms with van der Waals surface area (Å²) < 4.78 is 1.73. The molecule has 3 heterocycles. The van der Waals surface area contributed by atoms with Gasteiger partial charge in [0.05, 0.1) is 0 Å². The van der Waals surface area contributed by atoms with Crippen LogP contribution in [-0.4, -0.2) is 35.0 Å². The Morgan fingerprint density at radius 2 is 2.04 bits per heavy atom. The van der Waals surface area contributed by atoms with Crippen molar-refractivity contribution in [3.05, 3.63) is 69.1 Å². The van der Waals surface area contributed by atoms with Crippen molar-refractivity contribution in [2.24, 2.45) is 5.92 Å². The molecule has 0 spiro atoms. The van der Waals surface area contributed by atoms with Crippen molar-refractivity contribution in [3.8, 4) is 0 Å². The first-order valence-corrected chi connectivity index (χ1v) is 9.90. The molecule has 0 saturated carbocycles. The van der Waals surface area contributed by atoms with Crippen LogP contribution in [0.25, 0.3) is 0 Å². The van der Waals surface area contributed by atoms with Gasteiger partial charge in [-0.3, -0.25) is 9.59 Å². The van der Waals surface area contributed by atoms with Crippen LogP contribution >= 0.6 is 0 Å². The standard InChI is InChI=1S/C22H27N3O2/c1-16-8-11-24(14-17-5-4-10-23-13-17)21(26)20(16)22(27)25-12-9-18-6-2-3-7-19(18)15-25/h2-3,6-8,11,17,23H,4-5,9-10,12-15H2,1H3. The molecule has 2 aliphatic heterocycles. The first kappa shape index (κ1) is 18.0. The average Bonchev–Trinajstić information content (AvgIpc) is 2.70. The number of rotatable bonds is 3. The van der Waals surface area contributed by atoms with E-state index in [0.29, 0.717) is 31.1 Å². The van der Waals surface area contributed by atoms with E-state index < -0.39 is 0 Å². The molecule has 2 aromatic rings. The van der Waals surface area contributed by atoms with E-state index in [-0.39, 0.29) is 11.5 Å². The number of nitrogens with one attached hydrogen (secondary N) is 1. The Morgan fingerprint density at radius 3 is 2.81 bits per heavy atom. The minimum atomic E-state index is -0.149. The maximum Gasteiger partial charge on any atom is 0.263 e. The molecule has 1 amide bonds. The van der Waals surface area contributed by atoms with Crippen molar-refractivity contribution < 1.29 is 4.79 Å². The fourth-order valence-corrected chi connectivity index (χ4v) is 4.25. The van der Waals surface area contributed by atoms with Gasteiger partial charge in [0.2, 0.25) is 0 Å². The maximum absolute atomic E-state index is 13.2. The predicted molar refractivity (Wildman–Crippen MR) is 106 cm³/mol. The zero-order chi connectivity index (χ0) is 18.8. The number of aromatic nitrogens is 1. The Bertz CT molecular complexity index is 897. The van der Waals surface area contributed by atoms with Crippen molar-refractivity contribution in [3.63, 3.8) is 0 Å². The fourth-order valence-electron chi connectivity index (χ4n) is 4.25. The molecule has 1 saturated heterocycles. The highest BCUT2D eigenvalue weighted by atomic mass is 16.2. The lowest BCUT2D eigenvalue weighted by Gasteiger charge is -2.29. The zero-order valence-corrected chi connectivity index (χ0v) is 15.9. The van der Waals surface area contributed by atoms with Gasteiger partial charge in [-0.1, -0.05) is 24.3 Å². The quantitative estimate of drug-likeness (QED) is 0.908. The lowest BCUT2D eigenvalue weighted by Crippen LogP contribution is -2.41. The second-order valence-electron chi connectivity index (χ2n) is 7.79. The summed E-state index contributed by atoms with van der Waals surface area (Å²) in [5.74, 6) is 0.312. The first-order valence-electron chi connectivity index (χ1n) is 9.90. The summed E-state index contributed by atoms with van der Waals surface area (Å²) in [4.78, 5) is 28.1. The van der Waals surface area contributed by atoms with Crippen LogP contribution in [0.4, 0.5) is 0 Å². The van der Waals surface area contributed by atoms with E-state index in [2.05, 4.69) is 17.4 Å². The minimum absolute atomic E-state index is 0.136. The number of carbonyl (C=O) groups is 1. The monoisotopic (exact) mass is 365 g/mol. The van der Waals surface area contributed by atoms with Crippen LogP contribution in [0.5, 0.6) is 0 Å². The van der Waals surface area contributed by atoms with Crippen LogP contribution < -0.4 is 10.9 Å². The van der Waals surface area contributed by atoms with Gasteiger partial charge in [-0.05, 0) is 68.0 Å². The maximum atomic E-state index is 13.2. The van der Waals surface area contributed by atoms with Gasteiger partial charge in [-0.2, -0.15) is 0 Å². The SMILES string of the molecule is Cc1ccn(CC2CCCNC2)c(=O)c1C(=O)N1CCc2ccccc2C1. The summed E-state index contributed by atoms with van der Waals surface area (Å²) >= 11 is 0. The molecule has 5 nitrogen and oxygen atoms in total. The lowest BCUT2D eigenvalue weighted by molar-refractivity contribution is 0.0731. The number of amides is 1. The molecule has 1 atom stereocenters. The van der Waals surface area contributed by atoms with Gasteiger partial charge in [0, 0.05) is 25.8 Å². The van der Waals surface area contributed by atoms with E-state index in [1.807, 2.05) is 36.2 Å². The molecule has 5 heteroatoms. The van der Waals surface area contributed by atoms with Gasteiger partial charge >= 0.3 is 0 Å². The molecule has 142 valence electrons. The van der Waals surface area contributed by atoms with Crippen molar-refractivity contribution in [2.75, 3.05) is 19.6 Å². The molecule has 0 bridgehead atoms. The van der Waals surface area contributed by atoms with Crippen LogP contribution in [0.3, 0.4) is 0 Å². The summed E-state index contributed by atoms with van der Waals surface area (Å²) in [6.45, 7) is 5.77. The highest BCUT2D eigenvalue weighted by Gasteiger charge is 2.26. The van der Waals surface area contributed by atoms with E-state index >= 15 is 0 Å². The molecule has 27 heavy (non-hydrogen) atoms. The number of carbonyl (C=O) groups excluding carboxylic acids is 1. The van der Waals surface area contributed by atoms with Crippen molar-refractivity contribution in [1.29, 1.82) is 0 Å². The molecular formula is C22H27N3O2. The molecule has 1 N–H and O–H groups in total. The molecule has 0 radical (unpaired) electrons. The lowest BCUT2D eigenvalue weighted by atomic mass is 9.98. The Morgan fingerprint density at radius 1 is 1.22 bits per heavy atom. The fraction of sp³-hybridized carbons (Fsp3) is 0.455. The Labute approximate surface area is 160 Å². The number of hydrogen-bond donors (Lipinski definition) is 1. The Kier molecular flexibility index (Phi) is 5.12. The normalized spacial score (nSPS) is 19.6. The van der Waals surface area contributed by atoms with Gasteiger partial charge < -0.3 is 14.8 Å². The number of benzene rings is 1. The van der Waals surface area contributed by atoms with Gasteiger partial charge in [-0.25, -0.2) is 0 Å². The number of fused-ring (bicyclic) bond motifs is 1. The summed E-state index contributed by atoms with van der Waals surface area (Å²) in [7, 11) is 0. The van der Waals surface area contributed by atoms with Gasteiger partial charge in [-0.15, -0.1) is 0 Å². The molecule has 1 fully saturated rings. The molecule has 0 aliphatic carbocycles. The topological polar surface area (TPSA) is 54.3 Å². The van der Waals surface area contributed by atoms with E-state index in [1.54, 1.807) is 4.57 Å². The van der Waals surface area contributed by atoms with Gasteiger partial charge in [0.1, 0.15) is 5.56 Å². The minimum Gasteiger partial charge on any atom is -0.334 e. The second kappa shape index (κ2) is 7.69.